The Bertz CT molecular complexity index is 1350. The Kier molecular flexibility index (Phi) is 12.1. The number of hydrogen-bond donors (Lipinski definition) is 3. The van der Waals surface area contributed by atoms with E-state index in [-0.39, 0.29) is 55.7 Å². The Morgan fingerprint density at radius 2 is 1.85 bits per heavy atom. The minimum atomic E-state index is -1.11. The van der Waals surface area contributed by atoms with Crippen LogP contribution in [0.2, 0.25) is 0 Å². The number of amides is 4. The van der Waals surface area contributed by atoms with Gasteiger partial charge >= 0.3 is 0 Å². The summed E-state index contributed by atoms with van der Waals surface area (Å²) in [5.74, 6) is -0.398. The van der Waals surface area contributed by atoms with Gasteiger partial charge < -0.3 is 30.3 Å². The average molecular weight is 633 g/mol. The van der Waals surface area contributed by atoms with Crippen molar-refractivity contribution >= 4 is 23.6 Å². The van der Waals surface area contributed by atoms with Crippen molar-refractivity contribution < 1.29 is 28.7 Å². The average Bonchev–Trinajstić information content (AvgIpc) is 3.04. The van der Waals surface area contributed by atoms with Gasteiger partial charge in [0.05, 0.1) is 25.7 Å². The van der Waals surface area contributed by atoms with E-state index >= 15 is 0 Å². The number of aryl methyl sites for hydroxylation is 2. The second-order valence-corrected chi connectivity index (χ2v) is 12.9. The first-order valence-electron chi connectivity index (χ1n) is 16.9. The maximum atomic E-state index is 13.8. The number of hydrogen-bond acceptors (Lipinski definition) is 6. The zero-order valence-electron chi connectivity index (χ0n) is 26.9. The summed E-state index contributed by atoms with van der Waals surface area (Å²) in [6, 6.07) is 13.7. The second-order valence-electron chi connectivity index (χ2n) is 12.9. The molecule has 0 spiro atoms. The zero-order chi connectivity index (χ0) is 32.3. The van der Waals surface area contributed by atoms with Crippen LogP contribution in [-0.4, -0.2) is 73.0 Å². The van der Waals surface area contributed by atoms with Crippen molar-refractivity contribution in [3.63, 3.8) is 0 Å². The number of rotatable bonds is 8. The minimum absolute atomic E-state index is 0.0938. The van der Waals surface area contributed by atoms with Gasteiger partial charge in [0.1, 0.15) is 17.8 Å². The Balaban J connectivity index is 1.35. The topological polar surface area (TPSA) is 126 Å². The third kappa shape index (κ3) is 9.79. The fraction of sp³-hybridized carbons (Fsp3) is 0.556. The Morgan fingerprint density at radius 3 is 2.63 bits per heavy atom. The molecule has 0 aromatic heterocycles. The van der Waals surface area contributed by atoms with Crippen LogP contribution in [0, 0.1) is 12.8 Å². The van der Waals surface area contributed by atoms with Crippen molar-refractivity contribution in [2.45, 2.75) is 95.9 Å². The smallest absolute Gasteiger partial charge is 0.243 e. The molecule has 1 unspecified atom stereocenters. The molecule has 2 aromatic rings. The molecular weight excluding hydrogens is 584 g/mol. The lowest BCUT2D eigenvalue weighted by atomic mass is 9.94. The molecule has 2 aromatic carbocycles. The van der Waals surface area contributed by atoms with Crippen LogP contribution < -0.4 is 20.7 Å². The van der Waals surface area contributed by atoms with Gasteiger partial charge in [-0.3, -0.25) is 19.2 Å². The summed E-state index contributed by atoms with van der Waals surface area (Å²) in [5.41, 5.74) is 3.00. The van der Waals surface area contributed by atoms with E-state index in [9.17, 15) is 19.2 Å². The Labute approximate surface area is 272 Å². The van der Waals surface area contributed by atoms with Gasteiger partial charge in [0.25, 0.3) is 0 Å². The lowest BCUT2D eigenvalue weighted by molar-refractivity contribution is -0.138. The van der Waals surface area contributed by atoms with Crippen LogP contribution in [0.1, 0.15) is 74.5 Å². The lowest BCUT2D eigenvalue weighted by Crippen LogP contribution is -2.55. The molecule has 2 fully saturated rings. The third-order valence-corrected chi connectivity index (χ3v) is 9.40. The molecule has 3 atom stereocenters. The van der Waals surface area contributed by atoms with Gasteiger partial charge in [-0.1, -0.05) is 36.4 Å². The number of fused-ring (bicyclic) bond motifs is 4. The van der Waals surface area contributed by atoms with Gasteiger partial charge in [-0.2, -0.15) is 0 Å². The number of carbonyl (C=O) groups is 4. The van der Waals surface area contributed by atoms with Gasteiger partial charge in [-0.05, 0) is 93.0 Å². The van der Waals surface area contributed by atoms with E-state index in [4.69, 9.17) is 9.47 Å². The molecule has 3 aliphatic rings. The van der Waals surface area contributed by atoms with Crippen molar-refractivity contribution in [1.82, 2.24) is 20.9 Å². The number of piperidine rings is 1. The van der Waals surface area contributed by atoms with Crippen LogP contribution >= 0.6 is 0 Å². The molecule has 10 heteroatoms. The third-order valence-electron chi connectivity index (χ3n) is 9.40. The van der Waals surface area contributed by atoms with Crippen molar-refractivity contribution in [3.8, 4) is 5.75 Å². The maximum Gasteiger partial charge on any atom is 0.243 e. The fourth-order valence-electron chi connectivity index (χ4n) is 6.24. The van der Waals surface area contributed by atoms with Gasteiger partial charge in [-0.25, -0.2) is 0 Å². The van der Waals surface area contributed by atoms with Crippen LogP contribution in [-0.2, 0) is 36.9 Å². The number of ether oxygens (including phenoxy) is 2. The molecule has 5 rings (SSSR count). The summed E-state index contributed by atoms with van der Waals surface area (Å²) >= 11 is 0. The fourth-order valence-corrected chi connectivity index (χ4v) is 6.24. The summed E-state index contributed by atoms with van der Waals surface area (Å²) < 4.78 is 11.9. The first kappa shape index (κ1) is 33.4. The van der Waals surface area contributed by atoms with E-state index < -0.39 is 18.0 Å². The quantitative estimate of drug-likeness (QED) is 0.409. The molecule has 248 valence electrons. The SMILES string of the molecule is Cc1ccc2cc1CNC(=O)[C@H](CCc1ccccc1)NC(=O)[C@@H](NC(=O)CCOC1CCC1)CC(=O)N1CCCC(CCO2)C1. The summed E-state index contributed by atoms with van der Waals surface area (Å²) in [4.78, 5) is 55.8. The highest BCUT2D eigenvalue weighted by atomic mass is 16.5. The van der Waals surface area contributed by atoms with E-state index in [0.717, 1.165) is 61.0 Å². The van der Waals surface area contributed by atoms with Gasteiger partial charge in [0, 0.05) is 26.1 Å². The van der Waals surface area contributed by atoms with Gasteiger partial charge in [0.2, 0.25) is 23.6 Å². The predicted octanol–water partition coefficient (Wildman–Crippen LogP) is 3.58. The van der Waals surface area contributed by atoms with Crippen LogP contribution in [0.25, 0.3) is 0 Å². The second kappa shape index (κ2) is 16.6. The van der Waals surface area contributed by atoms with E-state index in [1.807, 2.05) is 55.5 Å². The molecule has 0 radical (unpaired) electrons. The molecule has 2 aliphatic heterocycles. The van der Waals surface area contributed by atoms with Crippen molar-refractivity contribution in [2.75, 3.05) is 26.3 Å². The largest absolute Gasteiger partial charge is 0.494 e. The van der Waals surface area contributed by atoms with E-state index in [1.165, 1.54) is 0 Å². The Hall–Kier alpha value is -3.92. The molecule has 46 heavy (non-hydrogen) atoms. The molecule has 1 saturated heterocycles. The van der Waals surface area contributed by atoms with Crippen LogP contribution in [0.4, 0.5) is 0 Å². The summed E-state index contributed by atoms with van der Waals surface area (Å²) in [6.07, 6.45) is 6.83. The molecule has 4 bridgehead atoms. The summed E-state index contributed by atoms with van der Waals surface area (Å²) in [6.45, 7) is 4.24. The number of benzene rings is 2. The first-order valence-corrected chi connectivity index (χ1v) is 16.9. The van der Waals surface area contributed by atoms with E-state index in [2.05, 4.69) is 16.0 Å². The van der Waals surface area contributed by atoms with E-state index in [1.54, 1.807) is 4.90 Å². The summed E-state index contributed by atoms with van der Waals surface area (Å²) in [7, 11) is 0. The molecule has 10 nitrogen and oxygen atoms in total. The molecule has 1 aliphatic carbocycles. The molecule has 3 N–H and O–H groups in total. The van der Waals surface area contributed by atoms with Gasteiger partial charge in [-0.15, -0.1) is 0 Å². The first-order chi connectivity index (χ1) is 22.3. The maximum absolute atomic E-state index is 13.8. The van der Waals surface area contributed by atoms with Crippen LogP contribution in [0.3, 0.4) is 0 Å². The van der Waals surface area contributed by atoms with E-state index in [0.29, 0.717) is 32.5 Å². The molecular formula is C36H48N4O6. The normalized spacial score (nSPS) is 23.2. The Morgan fingerprint density at radius 1 is 1.02 bits per heavy atom. The predicted molar refractivity (Wildman–Crippen MR) is 174 cm³/mol. The molecule has 4 amide bonds. The lowest BCUT2D eigenvalue weighted by Gasteiger charge is -2.34. The highest BCUT2D eigenvalue weighted by molar-refractivity contribution is 5.95. The summed E-state index contributed by atoms with van der Waals surface area (Å²) in [5, 5.41) is 8.69. The monoisotopic (exact) mass is 632 g/mol. The van der Waals surface area contributed by atoms with Crippen LogP contribution in [0.5, 0.6) is 5.75 Å². The molecule has 2 heterocycles. The van der Waals surface area contributed by atoms with Gasteiger partial charge in [0.15, 0.2) is 0 Å². The highest BCUT2D eigenvalue weighted by Gasteiger charge is 2.32. The number of nitrogens with zero attached hydrogens (tertiary/aromatic N) is 1. The standard InChI is InChI=1S/C36H48N4O6/c1-25-12-14-30-21-28(25)23-37-35(43)31(15-13-26-7-3-2-4-8-26)39-36(44)32(38-33(41)17-20-45-29-10-5-11-29)22-34(42)40-18-6-9-27(24-40)16-19-46-30/h2-4,7-8,12,14,21,27,29,31-32H,5-6,9-11,13,15-20,22-24H2,1H3,(H,37,43)(H,38,41)(H,39,44)/t27?,31-,32-/m0/s1. The van der Waals surface area contributed by atoms with Crippen molar-refractivity contribution in [1.29, 1.82) is 0 Å². The molecule has 1 saturated carbocycles. The number of nitrogens with one attached hydrogen (secondary N) is 3. The number of carbonyl (C=O) groups excluding carboxylic acids is 4. The minimum Gasteiger partial charge on any atom is -0.494 e. The van der Waals surface area contributed by atoms with Crippen molar-refractivity contribution in [3.05, 3.63) is 65.2 Å². The van der Waals surface area contributed by atoms with Crippen molar-refractivity contribution in [2.24, 2.45) is 5.92 Å². The zero-order valence-corrected chi connectivity index (χ0v) is 26.9. The van der Waals surface area contributed by atoms with Crippen LogP contribution in [0.15, 0.2) is 48.5 Å². The highest BCUT2D eigenvalue weighted by Crippen LogP contribution is 2.24.